The summed E-state index contributed by atoms with van der Waals surface area (Å²) in [6.45, 7) is 6.30. The molecule has 2 aromatic rings. The van der Waals surface area contributed by atoms with E-state index >= 15 is 0 Å². The number of nitrogens with zero attached hydrogens (tertiary/aromatic N) is 2. The molecule has 0 aliphatic carbocycles. The van der Waals surface area contributed by atoms with E-state index in [0.717, 1.165) is 24.2 Å². The first-order valence-corrected chi connectivity index (χ1v) is 8.91. The van der Waals surface area contributed by atoms with Crippen molar-refractivity contribution in [2.75, 3.05) is 0 Å². The zero-order valence-corrected chi connectivity index (χ0v) is 15.1. The molecule has 140 valence electrons. The maximum Gasteiger partial charge on any atom is 0.174 e. The molecule has 0 fully saturated rings. The fourth-order valence-electron chi connectivity index (χ4n) is 1.73. The first kappa shape index (κ1) is 23.1. The van der Waals surface area contributed by atoms with Gasteiger partial charge in [-0.2, -0.15) is 0 Å². The minimum atomic E-state index is -5.17. The van der Waals surface area contributed by atoms with Gasteiger partial charge in [-0.1, -0.05) is 0 Å². The summed E-state index contributed by atoms with van der Waals surface area (Å²) in [6, 6.07) is 7.70. The number of rotatable bonds is 4. The van der Waals surface area contributed by atoms with Gasteiger partial charge in [-0.05, 0) is 26.0 Å². The highest BCUT2D eigenvalue weighted by molar-refractivity contribution is 7.79. The van der Waals surface area contributed by atoms with Crippen LogP contribution in [0.1, 0.15) is 25.0 Å². The minimum absolute atomic E-state index is 0.126. The molecule has 0 spiro atoms. The highest BCUT2D eigenvalue weighted by Crippen LogP contribution is 1.92. The molecule has 0 saturated carbocycles. The molecule has 9 heteroatoms. The Morgan fingerprint density at radius 3 is 1.44 bits per heavy atom. The molecule has 0 saturated heterocycles. The fourth-order valence-corrected chi connectivity index (χ4v) is 1.73. The second kappa shape index (κ2) is 12.5. The summed E-state index contributed by atoms with van der Waals surface area (Å²) in [6.07, 6.45) is 7.86. The van der Waals surface area contributed by atoms with Gasteiger partial charge in [0.05, 0.1) is 13.2 Å². The van der Waals surface area contributed by atoms with Gasteiger partial charge >= 0.3 is 0 Å². The van der Waals surface area contributed by atoms with Gasteiger partial charge in [0.25, 0.3) is 0 Å². The number of hydrogen-bond donors (Lipinski definition) is 2. The third-order valence-electron chi connectivity index (χ3n) is 2.93. The Labute approximate surface area is 148 Å². The van der Waals surface area contributed by atoms with Crippen molar-refractivity contribution in [3.8, 4) is 0 Å². The van der Waals surface area contributed by atoms with Gasteiger partial charge in [-0.3, -0.25) is 8.42 Å². The molecule has 0 aromatic carbocycles. The molecule has 0 amide bonds. The first-order valence-electron chi connectivity index (χ1n) is 7.57. The van der Waals surface area contributed by atoms with E-state index in [-0.39, 0.29) is 13.2 Å². The van der Waals surface area contributed by atoms with E-state index in [4.69, 9.17) is 27.7 Å². The largest absolute Gasteiger partial charge is 0.759 e. The molecule has 25 heavy (non-hydrogen) atoms. The standard InChI is InChI=1S/2C8H12NO.H2O4S/c2*1-2-9-5-3-4-8(6-9)7-10;1-5(2,3)4/h2*3-6,10H,2,7H2,1H3;(H2,1,2,3,4)/q2*+1;/p-2. The molecule has 2 rings (SSSR count). The lowest BCUT2D eigenvalue weighted by molar-refractivity contribution is -0.694. The van der Waals surface area contributed by atoms with E-state index < -0.39 is 10.4 Å². The molecule has 0 bridgehead atoms. The predicted molar refractivity (Wildman–Crippen MR) is 86.9 cm³/mol. The topological polar surface area (TPSA) is 128 Å². The van der Waals surface area contributed by atoms with Crippen LogP contribution in [0.25, 0.3) is 0 Å². The van der Waals surface area contributed by atoms with Gasteiger partial charge in [-0.15, -0.1) is 0 Å². The Morgan fingerprint density at radius 2 is 1.20 bits per heavy atom. The van der Waals surface area contributed by atoms with Gasteiger partial charge in [0.15, 0.2) is 24.8 Å². The average molecular weight is 372 g/mol. The molecule has 2 aromatic heterocycles. The zero-order valence-electron chi connectivity index (χ0n) is 14.3. The van der Waals surface area contributed by atoms with E-state index in [1.54, 1.807) is 0 Å². The van der Waals surface area contributed by atoms with Gasteiger partial charge < -0.3 is 19.3 Å². The number of aryl methyl sites for hydroxylation is 2. The lowest BCUT2D eigenvalue weighted by Crippen LogP contribution is -2.31. The van der Waals surface area contributed by atoms with Gasteiger partial charge in [0.1, 0.15) is 13.1 Å². The van der Waals surface area contributed by atoms with Crippen molar-refractivity contribution >= 4 is 10.4 Å². The van der Waals surface area contributed by atoms with Crippen molar-refractivity contribution in [2.45, 2.75) is 40.2 Å². The Balaban J connectivity index is 0.000000368. The van der Waals surface area contributed by atoms with Crippen LogP contribution >= 0.6 is 0 Å². The molecule has 0 aliphatic heterocycles. The van der Waals surface area contributed by atoms with Crippen molar-refractivity contribution in [3.05, 3.63) is 60.2 Å². The number of hydrogen-bond acceptors (Lipinski definition) is 6. The molecule has 0 unspecified atom stereocenters. The molecule has 2 heterocycles. The quantitative estimate of drug-likeness (QED) is 0.428. The molecule has 0 radical (unpaired) electrons. The van der Waals surface area contributed by atoms with E-state index in [0.29, 0.717) is 0 Å². The zero-order chi connectivity index (χ0) is 19.3. The molecule has 0 aliphatic rings. The number of aliphatic hydroxyl groups is 2. The van der Waals surface area contributed by atoms with Gasteiger partial charge in [0.2, 0.25) is 0 Å². The van der Waals surface area contributed by atoms with Crippen molar-refractivity contribution < 1.29 is 36.9 Å². The maximum absolute atomic E-state index is 8.74. The number of aromatic nitrogens is 2. The predicted octanol–water partition coefficient (Wildman–Crippen LogP) is -0.365. The van der Waals surface area contributed by atoms with Crippen LogP contribution in [0, 0.1) is 0 Å². The van der Waals surface area contributed by atoms with E-state index in [2.05, 4.69) is 13.8 Å². The average Bonchev–Trinajstić information content (AvgIpc) is 2.60. The minimum Gasteiger partial charge on any atom is -0.759 e. The highest BCUT2D eigenvalue weighted by Gasteiger charge is 1.97. The van der Waals surface area contributed by atoms with Gasteiger partial charge in [0, 0.05) is 33.7 Å². The number of pyridine rings is 2. The van der Waals surface area contributed by atoms with E-state index in [1.807, 2.05) is 58.2 Å². The second-order valence-corrected chi connectivity index (χ2v) is 5.63. The summed E-state index contributed by atoms with van der Waals surface area (Å²) in [5.74, 6) is 0. The Morgan fingerprint density at radius 1 is 0.880 bits per heavy atom. The van der Waals surface area contributed by atoms with Crippen LogP contribution in [-0.2, 0) is 36.7 Å². The fraction of sp³-hybridized carbons (Fsp3) is 0.375. The van der Waals surface area contributed by atoms with E-state index in [9.17, 15) is 0 Å². The second-order valence-electron chi connectivity index (χ2n) is 4.81. The van der Waals surface area contributed by atoms with Crippen LogP contribution in [0.5, 0.6) is 0 Å². The SMILES string of the molecule is CC[n+]1cccc(CO)c1.CC[n+]1cccc(CO)c1.O=S(=O)([O-])[O-]. The summed E-state index contributed by atoms with van der Waals surface area (Å²) in [5, 5.41) is 17.5. The lowest BCUT2D eigenvalue weighted by atomic mass is 10.3. The van der Waals surface area contributed by atoms with Crippen LogP contribution in [0.3, 0.4) is 0 Å². The maximum atomic E-state index is 8.74. The van der Waals surface area contributed by atoms with Crippen molar-refractivity contribution in [2.24, 2.45) is 0 Å². The van der Waals surface area contributed by atoms with Crippen LogP contribution in [0.15, 0.2) is 49.1 Å². The lowest BCUT2D eigenvalue weighted by Gasteiger charge is -2.06. The monoisotopic (exact) mass is 372 g/mol. The number of aliphatic hydroxyl groups excluding tert-OH is 2. The Hall–Kier alpha value is -1.91. The summed E-state index contributed by atoms with van der Waals surface area (Å²) in [7, 11) is -5.17. The van der Waals surface area contributed by atoms with Crippen molar-refractivity contribution in [1.29, 1.82) is 0 Å². The van der Waals surface area contributed by atoms with Crippen LogP contribution < -0.4 is 9.13 Å². The van der Waals surface area contributed by atoms with Crippen LogP contribution in [0.2, 0.25) is 0 Å². The summed E-state index contributed by atoms with van der Waals surface area (Å²) < 4.78 is 38.1. The molecule has 2 N–H and O–H groups in total. The highest BCUT2D eigenvalue weighted by atomic mass is 32.3. The Kier molecular flexibility index (Phi) is 11.5. The normalized spacial score (nSPS) is 10.2. The van der Waals surface area contributed by atoms with Crippen LogP contribution in [0.4, 0.5) is 0 Å². The summed E-state index contributed by atoms with van der Waals surface area (Å²) in [4.78, 5) is 0. The van der Waals surface area contributed by atoms with E-state index in [1.165, 1.54) is 0 Å². The third-order valence-corrected chi connectivity index (χ3v) is 2.93. The Bertz CT molecular complexity index is 628. The third kappa shape index (κ3) is 13.1. The molecule has 0 atom stereocenters. The summed E-state index contributed by atoms with van der Waals surface area (Å²) >= 11 is 0. The molecular weight excluding hydrogens is 348 g/mol. The van der Waals surface area contributed by atoms with Crippen molar-refractivity contribution in [1.82, 2.24) is 0 Å². The summed E-state index contributed by atoms with van der Waals surface area (Å²) in [5.41, 5.74) is 1.92. The van der Waals surface area contributed by atoms with Crippen molar-refractivity contribution in [3.63, 3.8) is 0 Å². The molecular formula is C16H24N2O6S. The van der Waals surface area contributed by atoms with Crippen LogP contribution in [-0.4, -0.2) is 27.7 Å². The smallest absolute Gasteiger partial charge is 0.174 e. The molecule has 8 nitrogen and oxygen atoms in total. The first-order chi connectivity index (χ1) is 11.7. The van der Waals surface area contributed by atoms with Gasteiger partial charge in [-0.25, -0.2) is 9.13 Å².